The van der Waals surface area contributed by atoms with Crippen molar-refractivity contribution in [3.05, 3.63) is 29.7 Å². The van der Waals surface area contributed by atoms with Crippen LogP contribution in [0.2, 0.25) is 0 Å². The highest BCUT2D eigenvalue weighted by molar-refractivity contribution is 5.52. The molecule has 0 spiro atoms. The van der Waals surface area contributed by atoms with Crippen molar-refractivity contribution in [3.8, 4) is 11.6 Å². The molecule has 2 aromatic heterocycles. The van der Waals surface area contributed by atoms with E-state index in [2.05, 4.69) is 43.0 Å². The van der Waals surface area contributed by atoms with E-state index in [1.165, 1.54) is 0 Å². The fourth-order valence-corrected chi connectivity index (χ4v) is 1.90. The molecule has 1 N–H and O–H groups in total. The van der Waals surface area contributed by atoms with Crippen LogP contribution in [0.25, 0.3) is 11.6 Å². The molecular formula is C16H23N3O. The van der Waals surface area contributed by atoms with Gasteiger partial charge in [-0.1, -0.05) is 27.7 Å². The molecule has 108 valence electrons. The maximum atomic E-state index is 5.76. The predicted octanol–water partition coefficient (Wildman–Crippen LogP) is 4.24. The molecule has 0 bridgehead atoms. The van der Waals surface area contributed by atoms with Crippen LogP contribution >= 0.6 is 0 Å². The third-order valence-corrected chi connectivity index (χ3v) is 3.12. The van der Waals surface area contributed by atoms with E-state index < -0.39 is 0 Å². The van der Waals surface area contributed by atoms with Crippen molar-refractivity contribution in [1.29, 1.82) is 0 Å². The van der Waals surface area contributed by atoms with Crippen molar-refractivity contribution in [2.24, 2.45) is 0 Å². The van der Waals surface area contributed by atoms with Gasteiger partial charge in [0.15, 0.2) is 11.6 Å². The Balaban J connectivity index is 2.37. The summed E-state index contributed by atoms with van der Waals surface area (Å²) in [6, 6.07) is 5.95. The van der Waals surface area contributed by atoms with E-state index in [0.717, 1.165) is 42.4 Å². The lowest BCUT2D eigenvalue weighted by atomic mass is 10.1. The number of hydrogen-bond donors (Lipinski definition) is 1. The van der Waals surface area contributed by atoms with Gasteiger partial charge in [0, 0.05) is 24.7 Å². The Labute approximate surface area is 120 Å². The van der Waals surface area contributed by atoms with Crippen LogP contribution in [0.1, 0.15) is 51.5 Å². The Hall–Kier alpha value is -1.84. The summed E-state index contributed by atoms with van der Waals surface area (Å²) in [5, 5.41) is 3.33. The first-order valence-corrected chi connectivity index (χ1v) is 7.36. The molecule has 0 aliphatic heterocycles. The van der Waals surface area contributed by atoms with E-state index in [1.54, 1.807) is 0 Å². The van der Waals surface area contributed by atoms with Gasteiger partial charge in [-0.3, -0.25) is 0 Å². The van der Waals surface area contributed by atoms with Crippen molar-refractivity contribution in [2.75, 3.05) is 11.9 Å². The normalized spacial score (nSPS) is 11.1. The summed E-state index contributed by atoms with van der Waals surface area (Å²) < 4.78 is 5.76. The lowest BCUT2D eigenvalue weighted by Gasteiger charge is -2.10. The van der Waals surface area contributed by atoms with Crippen molar-refractivity contribution < 1.29 is 4.42 Å². The smallest absolute Gasteiger partial charge is 0.197 e. The fourth-order valence-electron chi connectivity index (χ4n) is 1.90. The maximum absolute atomic E-state index is 5.76. The summed E-state index contributed by atoms with van der Waals surface area (Å²) >= 11 is 0. The highest BCUT2D eigenvalue weighted by atomic mass is 16.3. The highest BCUT2D eigenvalue weighted by Gasteiger charge is 2.12. The van der Waals surface area contributed by atoms with Crippen LogP contribution in [0, 0.1) is 0 Å². The van der Waals surface area contributed by atoms with E-state index >= 15 is 0 Å². The lowest BCUT2D eigenvalue weighted by molar-refractivity contribution is 0.525. The summed E-state index contributed by atoms with van der Waals surface area (Å²) in [6.07, 6.45) is 1.95. The maximum Gasteiger partial charge on any atom is 0.197 e. The van der Waals surface area contributed by atoms with Gasteiger partial charge in [-0.2, -0.15) is 0 Å². The quantitative estimate of drug-likeness (QED) is 0.855. The molecule has 2 rings (SSSR count). The highest BCUT2D eigenvalue weighted by Crippen LogP contribution is 2.23. The molecule has 0 aliphatic carbocycles. The zero-order valence-electron chi connectivity index (χ0n) is 12.7. The first kappa shape index (κ1) is 14.6. The molecule has 0 unspecified atom stereocenters. The Kier molecular flexibility index (Phi) is 4.77. The summed E-state index contributed by atoms with van der Waals surface area (Å²) in [4.78, 5) is 9.17. The number of rotatable bonds is 6. The predicted molar refractivity (Wildman–Crippen MR) is 82.0 cm³/mol. The zero-order chi connectivity index (χ0) is 14.5. The van der Waals surface area contributed by atoms with Gasteiger partial charge in [-0.15, -0.1) is 0 Å². The van der Waals surface area contributed by atoms with E-state index in [-0.39, 0.29) is 0 Å². The van der Waals surface area contributed by atoms with Gasteiger partial charge >= 0.3 is 0 Å². The molecule has 0 aromatic carbocycles. The second kappa shape index (κ2) is 6.55. The number of aromatic nitrogens is 2. The van der Waals surface area contributed by atoms with Gasteiger partial charge in [0.2, 0.25) is 0 Å². The average molecular weight is 273 g/mol. The van der Waals surface area contributed by atoms with Crippen LogP contribution in [-0.4, -0.2) is 16.5 Å². The van der Waals surface area contributed by atoms with Crippen LogP contribution in [0.4, 0.5) is 5.82 Å². The fraction of sp³-hybridized carbons (Fsp3) is 0.500. The molecule has 4 heteroatoms. The number of aryl methyl sites for hydroxylation is 1. The van der Waals surface area contributed by atoms with E-state index in [1.807, 2.05) is 18.2 Å². The van der Waals surface area contributed by atoms with E-state index in [4.69, 9.17) is 4.42 Å². The van der Waals surface area contributed by atoms with E-state index in [9.17, 15) is 0 Å². The molecule has 0 saturated carbocycles. The minimum atomic E-state index is 0.361. The van der Waals surface area contributed by atoms with Gasteiger partial charge in [0.05, 0.1) is 0 Å². The van der Waals surface area contributed by atoms with Crippen LogP contribution in [-0.2, 0) is 6.42 Å². The average Bonchev–Trinajstić information content (AvgIpc) is 2.93. The van der Waals surface area contributed by atoms with Gasteiger partial charge < -0.3 is 9.73 Å². The van der Waals surface area contributed by atoms with Gasteiger partial charge in [0.25, 0.3) is 0 Å². The Morgan fingerprint density at radius 3 is 2.60 bits per heavy atom. The molecule has 4 nitrogen and oxygen atoms in total. The number of nitrogens with one attached hydrogen (secondary N) is 1. The Morgan fingerprint density at radius 2 is 2.00 bits per heavy atom. The number of hydrogen-bond acceptors (Lipinski definition) is 4. The monoisotopic (exact) mass is 273 g/mol. The van der Waals surface area contributed by atoms with Crippen LogP contribution in [0.15, 0.2) is 22.6 Å². The zero-order valence-corrected chi connectivity index (χ0v) is 12.7. The molecule has 2 heterocycles. The minimum absolute atomic E-state index is 0.361. The Bertz CT molecular complexity index is 561. The largest absolute Gasteiger partial charge is 0.458 e. The summed E-state index contributed by atoms with van der Waals surface area (Å²) in [6.45, 7) is 9.39. The molecule has 0 aliphatic rings. The standard InChI is InChI=1S/C16H23N3O/c1-5-9-17-15-10-13(11(3)4)18-16(19-15)14-8-7-12(6-2)20-14/h7-8,10-11H,5-6,9H2,1-4H3,(H,17,18,19). The van der Waals surface area contributed by atoms with Crippen LogP contribution in [0.5, 0.6) is 0 Å². The number of furan rings is 1. The molecule has 0 fully saturated rings. The van der Waals surface area contributed by atoms with Gasteiger partial charge in [-0.25, -0.2) is 9.97 Å². The van der Waals surface area contributed by atoms with Crippen molar-refractivity contribution in [3.63, 3.8) is 0 Å². The van der Waals surface area contributed by atoms with Crippen LogP contribution in [0.3, 0.4) is 0 Å². The molecule has 0 atom stereocenters. The third-order valence-electron chi connectivity index (χ3n) is 3.12. The molecule has 0 amide bonds. The summed E-state index contributed by atoms with van der Waals surface area (Å²) in [5.74, 6) is 3.59. The molecule has 0 radical (unpaired) electrons. The second-order valence-electron chi connectivity index (χ2n) is 5.20. The second-order valence-corrected chi connectivity index (χ2v) is 5.20. The molecule has 20 heavy (non-hydrogen) atoms. The van der Waals surface area contributed by atoms with Crippen molar-refractivity contribution in [1.82, 2.24) is 9.97 Å². The topological polar surface area (TPSA) is 51.0 Å². The third kappa shape index (κ3) is 3.38. The van der Waals surface area contributed by atoms with E-state index in [0.29, 0.717) is 11.7 Å². The molecule has 0 saturated heterocycles. The minimum Gasteiger partial charge on any atom is -0.458 e. The Morgan fingerprint density at radius 1 is 1.20 bits per heavy atom. The summed E-state index contributed by atoms with van der Waals surface area (Å²) in [7, 11) is 0. The van der Waals surface area contributed by atoms with Crippen LogP contribution < -0.4 is 5.32 Å². The number of anilines is 1. The van der Waals surface area contributed by atoms with Gasteiger partial charge in [-0.05, 0) is 24.5 Å². The molecular weight excluding hydrogens is 250 g/mol. The first-order chi connectivity index (χ1) is 9.63. The van der Waals surface area contributed by atoms with Crippen molar-refractivity contribution >= 4 is 5.82 Å². The van der Waals surface area contributed by atoms with Crippen molar-refractivity contribution in [2.45, 2.75) is 46.5 Å². The SMILES string of the molecule is CCCNc1cc(C(C)C)nc(-c2ccc(CC)o2)n1. The van der Waals surface area contributed by atoms with Gasteiger partial charge in [0.1, 0.15) is 11.6 Å². The molecule has 2 aromatic rings. The lowest BCUT2D eigenvalue weighted by Crippen LogP contribution is -2.06. The first-order valence-electron chi connectivity index (χ1n) is 7.36. The summed E-state index contributed by atoms with van der Waals surface area (Å²) in [5.41, 5.74) is 1.03. The number of nitrogens with zero attached hydrogens (tertiary/aromatic N) is 2.